The van der Waals surface area contributed by atoms with Crippen LogP contribution >= 0.6 is 11.6 Å². The van der Waals surface area contributed by atoms with E-state index in [-0.39, 0.29) is 5.91 Å². The van der Waals surface area contributed by atoms with Gasteiger partial charge >= 0.3 is 0 Å². The lowest BCUT2D eigenvalue weighted by atomic mass is 9.98. The first-order valence-electron chi connectivity index (χ1n) is 10.8. The lowest BCUT2D eigenvalue weighted by Crippen LogP contribution is -2.24. The summed E-state index contributed by atoms with van der Waals surface area (Å²) in [6.45, 7) is 4.43. The maximum absolute atomic E-state index is 13.6. The molecule has 0 saturated carbocycles. The Morgan fingerprint density at radius 3 is 2.56 bits per heavy atom. The van der Waals surface area contributed by atoms with E-state index in [1.807, 2.05) is 49.6 Å². The Bertz CT molecular complexity index is 1440. The third-order valence-electron chi connectivity index (χ3n) is 5.72. The molecule has 0 aliphatic carbocycles. The Balaban J connectivity index is 1.68. The van der Waals surface area contributed by atoms with E-state index in [4.69, 9.17) is 17.0 Å². The second-order valence-electron chi connectivity index (χ2n) is 8.31. The highest BCUT2D eigenvalue weighted by Crippen LogP contribution is 2.26. The zero-order chi connectivity index (χ0) is 24.4. The highest BCUT2D eigenvalue weighted by Gasteiger charge is 2.13. The Morgan fingerprint density at radius 2 is 1.88 bits per heavy atom. The van der Waals surface area contributed by atoms with Crippen LogP contribution in [0.1, 0.15) is 32.7 Å². The fraction of sp³-hybridized carbons (Fsp3) is 0.192. The van der Waals surface area contributed by atoms with E-state index in [0.717, 1.165) is 27.8 Å². The average molecular weight is 478 g/mol. The molecule has 6 nitrogen and oxygen atoms in total. The average Bonchev–Trinajstić information content (AvgIpc) is 3.11. The maximum Gasteiger partial charge on any atom is 0.251 e. The van der Waals surface area contributed by atoms with Gasteiger partial charge in [-0.3, -0.25) is 10.2 Å². The van der Waals surface area contributed by atoms with Crippen molar-refractivity contribution in [1.82, 2.24) is 19.4 Å². The van der Waals surface area contributed by atoms with Crippen molar-refractivity contribution in [3.05, 3.63) is 105 Å². The topological polar surface area (TPSA) is 75.7 Å². The molecule has 0 atom stereocenters. The van der Waals surface area contributed by atoms with Gasteiger partial charge in [0.15, 0.2) is 0 Å². The summed E-state index contributed by atoms with van der Waals surface area (Å²) >= 11 is 6.10. The molecule has 0 radical (unpaired) electrons. The number of rotatable bonds is 6. The number of nitrogens with one attached hydrogen (secondary N) is 2. The van der Waals surface area contributed by atoms with Gasteiger partial charge in [0.05, 0.1) is 6.54 Å². The van der Waals surface area contributed by atoms with Crippen molar-refractivity contribution in [2.75, 3.05) is 0 Å². The van der Waals surface area contributed by atoms with Crippen molar-refractivity contribution in [2.24, 2.45) is 7.05 Å². The molecule has 1 amide bonds. The molecule has 2 heterocycles. The molecule has 2 N–H and O–H groups in total. The Hall–Kier alpha value is -3.71. The van der Waals surface area contributed by atoms with Crippen LogP contribution in [-0.2, 0) is 20.1 Å². The first-order valence-corrected chi connectivity index (χ1v) is 11.2. The van der Waals surface area contributed by atoms with Gasteiger partial charge in [-0.15, -0.1) is 0 Å². The van der Waals surface area contributed by atoms with E-state index < -0.39 is 5.95 Å². The molecular formula is C26H25ClFN5O. The molecular weight excluding hydrogens is 453 g/mol. The molecule has 34 heavy (non-hydrogen) atoms. The second kappa shape index (κ2) is 9.65. The number of nitrogens with zero attached hydrogens (tertiary/aromatic N) is 3. The summed E-state index contributed by atoms with van der Waals surface area (Å²) in [5, 5.41) is 11.9. The maximum atomic E-state index is 13.6. The van der Waals surface area contributed by atoms with Gasteiger partial charge in [-0.05, 0) is 72.5 Å². The van der Waals surface area contributed by atoms with Gasteiger partial charge in [0, 0.05) is 47.8 Å². The molecule has 0 saturated heterocycles. The van der Waals surface area contributed by atoms with E-state index in [0.29, 0.717) is 35.0 Å². The lowest BCUT2D eigenvalue weighted by Gasteiger charge is -2.13. The number of halogens is 2. The standard InChI is InChI=1S/C26H25ClFN5O/c1-16-10-18(4-6-23(16)27)14-30-25(34)21-12-19(15-33-9-8-32(3)26(33)29)11-20(13-21)22-5-7-24(28)31-17(22)2/h4-13,29H,14-15H2,1-3H3,(H,30,34). The third-order valence-corrected chi connectivity index (χ3v) is 6.15. The van der Waals surface area contributed by atoms with Gasteiger partial charge in [-0.25, -0.2) is 4.98 Å². The zero-order valence-electron chi connectivity index (χ0n) is 19.2. The van der Waals surface area contributed by atoms with Gasteiger partial charge < -0.3 is 14.5 Å². The summed E-state index contributed by atoms with van der Waals surface area (Å²) in [7, 11) is 1.81. The zero-order valence-corrected chi connectivity index (χ0v) is 19.9. The minimum Gasteiger partial charge on any atom is -0.348 e. The first kappa shape index (κ1) is 23.4. The van der Waals surface area contributed by atoms with E-state index in [1.54, 1.807) is 35.2 Å². The number of benzene rings is 2. The Kier molecular flexibility index (Phi) is 6.65. The van der Waals surface area contributed by atoms with Crippen LogP contribution in [-0.4, -0.2) is 20.0 Å². The molecule has 2 aromatic heterocycles. The van der Waals surface area contributed by atoms with Crippen LogP contribution in [0.2, 0.25) is 5.02 Å². The van der Waals surface area contributed by atoms with Crippen LogP contribution in [0.3, 0.4) is 0 Å². The minimum atomic E-state index is -0.549. The molecule has 8 heteroatoms. The summed E-state index contributed by atoms with van der Waals surface area (Å²) < 4.78 is 17.1. The van der Waals surface area contributed by atoms with E-state index >= 15 is 0 Å². The third kappa shape index (κ3) is 5.10. The van der Waals surface area contributed by atoms with Crippen molar-refractivity contribution in [3.63, 3.8) is 0 Å². The molecule has 4 rings (SSSR count). The second-order valence-corrected chi connectivity index (χ2v) is 8.72. The number of carbonyl (C=O) groups is 1. The van der Waals surface area contributed by atoms with Crippen molar-refractivity contribution in [1.29, 1.82) is 5.41 Å². The number of aryl methyl sites for hydroxylation is 3. The normalized spacial score (nSPS) is 11.0. The first-order chi connectivity index (χ1) is 16.2. The number of hydrogen-bond donors (Lipinski definition) is 2. The number of imidazole rings is 1. The molecule has 4 aromatic rings. The molecule has 0 unspecified atom stereocenters. The quantitative estimate of drug-likeness (QED) is 0.393. The van der Waals surface area contributed by atoms with Crippen molar-refractivity contribution >= 4 is 17.5 Å². The molecule has 0 bridgehead atoms. The fourth-order valence-corrected chi connectivity index (χ4v) is 3.97. The van der Waals surface area contributed by atoms with E-state index in [2.05, 4.69) is 10.3 Å². The predicted octanol–water partition coefficient (Wildman–Crippen LogP) is 4.76. The fourth-order valence-electron chi connectivity index (χ4n) is 3.86. The summed E-state index contributed by atoms with van der Waals surface area (Å²) in [6.07, 6.45) is 3.63. The number of aromatic nitrogens is 3. The van der Waals surface area contributed by atoms with Gasteiger partial charge in [-0.1, -0.05) is 23.7 Å². The predicted molar refractivity (Wildman–Crippen MR) is 130 cm³/mol. The van der Waals surface area contributed by atoms with E-state index in [9.17, 15) is 9.18 Å². The molecule has 0 aliphatic heterocycles. The van der Waals surface area contributed by atoms with Crippen molar-refractivity contribution in [2.45, 2.75) is 26.9 Å². The Labute approximate surface area is 202 Å². The summed E-state index contributed by atoms with van der Waals surface area (Å²) in [4.78, 5) is 17.0. The Morgan fingerprint density at radius 1 is 1.09 bits per heavy atom. The minimum absolute atomic E-state index is 0.229. The van der Waals surface area contributed by atoms with Crippen LogP contribution in [0.25, 0.3) is 11.1 Å². The highest BCUT2D eigenvalue weighted by molar-refractivity contribution is 6.31. The lowest BCUT2D eigenvalue weighted by molar-refractivity contribution is 0.0951. The van der Waals surface area contributed by atoms with Gasteiger partial charge in [0.25, 0.3) is 5.91 Å². The van der Waals surface area contributed by atoms with Crippen LogP contribution in [0.15, 0.2) is 60.9 Å². The monoisotopic (exact) mass is 477 g/mol. The number of amides is 1. The highest BCUT2D eigenvalue weighted by atomic mass is 35.5. The molecule has 0 fully saturated rings. The summed E-state index contributed by atoms with van der Waals surface area (Å²) in [5.74, 6) is -0.778. The molecule has 174 valence electrons. The number of carbonyl (C=O) groups excluding carboxylic acids is 1. The van der Waals surface area contributed by atoms with Gasteiger partial charge in [0.1, 0.15) is 0 Å². The molecule has 0 spiro atoms. The smallest absolute Gasteiger partial charge is 0.251 e. The van der Waals surface area contributed by atoms with Crippen LogP contribution in [0.5, 0.6) is 0 Å². The largest absolute Gasteiger partial charge is 0.348 e. The van der Waals surface area contributed by atoms with Crippen LogP contribution < -0.4 is 10.9 Å². The van der Waals surface area contributed by atoms with E-state index in [1.165, 1.54) is 6.07 Å². The summed E-state index contributed by atoms with van der Waals surface area (Å²) in [6, 6.07) is 14.2. The molecule has 2 aromatic carbocycles. The van der Waals surface area contributed by atoms with Crippen molar-refractivity contribution in [3.8, 4) is 11.1 Å². The van der Waals surface area contributed by atoms with Gasteiger partial charge in [0.2, 0.25) is 11.6 Å². The number of hydrogen-bond acceptors (Lipinski definition) is 3. The number of pyridine rings is 1. The van der Waals surface area contributed by atoms with Gasteiger partial charge in [-0.2, -0.15) is 4.39 Å². The molecule has 0 aliphatic rings. The SMILES string of the molecule is Cc1cc(CNC(=O)c2cc(Cn3ccn(C)c3=N)cc(-c3ccc(F)nc3C)c2)ccc1Cl. The van der Waals surface area contributed by atoms with Crippen molar-refractivity contribution < 1.29 is 9.18 Å². The van der Waals surface area contributed by atoms with Crippen LogP contribution in [0, 0.1) is 25.2 Å². The van der Waals surface area contributed by atoms with Crippen LogP contribution in [0.4, 0.5) is 4.39 Å². The summed E-state index contributed by atoms with van der Waals surface area (Å²) in [5.41, 5.74) is 5.60.